The number of methoxy groups -OCH3 is 1. The number of nitrogens with one attached hydrogen (secondary N) is 1. The maximum atomic E-state index is 14.4. The lowest BCUT2D eigenvalue weighted by molar-refractivity contribution is -0.125. The predicted octanol–water partition coefficient (Wildman–Crippen LogP) is 3.36. The Hall–Kier alpha value is -1.96. The molecule has 1 aliphatic heterocycles. The lowest BCUT2D eigenvalue weighted by atomic mass is 10.1. The van der Waals surface area contributed by atoms with Gasteiger partial charge in [0.1, 0.15) is 5.75 Å². The molecule has 1 saturated heterocycles. The average Bonchev–Trinajstić information content (AvgIpc) is 3.23. The summed E-state index contributed by atoms with van der Waals surface area (Å²) in [6, 6.07) is 2.50. The molecular formula is C20H27F3N2O3. The Bertz CT molecular complexity index is 714. The number of alkyl halides is 2. The molecule has 0 aromatic heterocycles. The lowest BCUT2D eigenvalue weighted by Gasteiger charge is -2.19. The van der Waals surface area contributed by atoms with Crippen LogP contribution in [0.15, 0.2) is 12.1 Å². The average molecular weight is 400 g/mol. The van der Waals surface area contributed by atoms with Crippen LogP contribution in [0.2, 0.25) is 0 Å². The number of hydrogen-bond acceptors (Lipinski definition) is 4. The maximum absolute atomic E-state index is 14.4. The standard InChI is InChI=1S/C20H27F3N2O3/c1-25-7-3-4-16(25)19(26)24-11-14-8-15(21)18(9-17(14)27-2)28-12-13-5-6-20(22,23)10-13/h8-9,13,16H,3-7,10-12H2,1-2H3,(H,24,26). The first kappa shape index (κ1) is 20.8. The van der Waals surface area contributed by atoms with Crippen LogP contribution in [0.5, 0.6) is 11.5 Å². The van der Waals surface area contributed by atoms with Gasteiger partial charge in [-0.1, -0.05) is 0 Å². The summed E-state index contributed by atoms with van der Waals surface area (Å²) >= 11 is 0. The minimum Gasteiger partial charge on any atom is -0.496 e. The third kappa shape index (κ3) is 4.90. The molecule has 1 amide bonds. The Morgan fingerprint density at radius 2 is 2.11 bits per heavy atom. The zero-order valence-electron chi connectivity index (χ0n) is 16.3. The number of rotatable bonds is 7. The summed E-state index contributed by atoms with van der Waals surface area (Å²) in [4.78, 5) is 14.3. The molecule has 1 aliphatic carbocycles. The number of amides is 1. The van der Waals surface area contributed by atoms with E-state index in [-0.39, 0.29) is 49.6 Å². The van der Waals surface area contributed by atoms with Gasteiger partial charge in [0.25, 0.3) is 0 Å². The van der Waals surface area contributed by atoms with Crippen LogP contribution in [0.3, 0.4) is 0 Å². The normalized spacial score (nSPS) is 24.3. The molecule has 1 N–H and O–H groups in total. The molecule has 1 heterocycles. The van der Waals surface area contributed by atoms with Crippen LogP contribution in [0.25, 0.3) is 0 Å². The number of likely N-dealkylation sites (N-methyl/N-ethyl adjacent to an activating group) is 1. The van der Waals surface area contributed by atoms with Gasteiger partial charge in [-0.05, 0) is 44.8 Å². The van der Waals surface area contributed by atoms with Gasteiger partial charge in [-0.2, -0.15) is 0 Å². The van der Waals surface area contributed by atoms with Crippen LogP contribution >= 0.6 is 0 Å². The molecule has 156 valence electrons. The highest BCUT2D eigenvalue weighted by molar-refractivity contribution is 5.82. The second-order valence-electron chi connectivity index (χ2n) is 7.73. The highest BCUT2D eigenvalue weighted by Gasteiger charge is 2.39. The number of carbonyl (C=O) groups is 1. The van der Waals surface area contributed by atoms with E-state index in [0.29, 0.717) is 17.7 Å². The van der Waals surface area contributed by atoms with Gasteiger partial charge in [0.2, 0.25) is 11.8 Å². The smallest absolute Gasteiger partial charge is 0.248 e. The molecule has 5 nitrogen and oxygen atoms in total. The van der Waals surface area contributed by atoms with Crippen LogP contribution in [-0.4, -0.2) is 50.1 Å². The number of nitrogens with zero attached hydrogens (tertiary/aromatic N) is 1. The summed E-state index contributed by atoms with van der Waals surface area (Å²) in [5.74, 6) is -3.29. The zero-order valence-corrected chi connectivity index (χ0v) is 16.3. The Morgan fingerprint density at radius 1 is 1.32 bits per heavy atom. The van der Waals surface area contributed by atoms with E-state index < -0.39 is 11.7 Å². The first-order valence-corrected chi connectivity index (χ1v) is 9.64. The van der Waals surface area contributed by atoms with Gasteiger partial charge in [0, 0.05) is 31.0 Å². The second-order valence-corrected chi connectivity index (χ2v) is 7.73. The molecular weight excluding hydrogens is 373 g/mol. The molecule has 1 aromatic carbocycles. The third-order valence-electron chi connectivity index (χ3n) is 5.59. The quantitative estimate of drug-likeness (QED) is 0.763. The van der Waals surface area contributed by atoms with Crippen molar-refractivity contribution in [1.82, 2.24) is 10.2 Å². The Morgan fingerprint density at radius 3 is 2.71 bits per heavy atom. The summed E-state index contributed by atoms with van der Waals surface area (Å²) in [7, 11) is 3.36. The van der Waals surface area contributed by atoms with Crippen molar-refractivity contribution in [3.05, 3.63) is 23.5 Å². The number of hydrogen-bond donors (Lipinski definition) is 1. The summed E-state index contributed by atoms with van der Waals surface area (Å²) < 4.78 is 51.7. The van der Waals surface area contributed by atoms with E-state index in [2.05, 4.69) is 5.32 Å². The number of likely N-dealkylation sites (tertiary alicyclic amines) is 1. The van der Waals surface area contributed by atoms with Gasteiger partial charge in [-0.25, -0.2) is 13.2 Å². The number of benzene rings is 1. The van der Waals surface area contributed by atoms with Crippen molar-refractivity contribution in [1.29, 1.82) is 0 Å². The van der Waals surface area contributed by atoms with Crippen molar-refractivity contribution in [3.63, 3.8) is 0 Å². The Kier molecular flexibility index (Phi) is 6.37. The fourth-order valence-electron chi connectivity index (χ4n) is 3.95. The van der Waals surface area contributed by atoms with Crippen LogP contribution < -0.4 is 14.8 Å². The van der Waals surface area contributed by atoms with E-state index in [1.54, 1.807) is 0 Å². The molecule has 0 spiro atoms. The van der Waals surface area contributed by atoms with Gasteiger partial charge in [-0.15, -0.1) is 0 Å². The highest BCUT2D eigenvalue weighted by atomic mass is 19.3. The molecule has 3 rings (SSSR count). The minimum atomic E-state index is -2.65. The maximum Gasteiger partial charge on any atom is 0.248 e. The highest BCUT2D eigenvalue weighted by Crippen LogP contribution is 2.39. The molecule has 0 bridgehead atoms. The second kappa shape index (κ2) is 8.59. The van der Waals surface area contributed by atoms with Gasteiger partial charge < -0.3 is 14.8 Å². The molecule has 8 heteroatoms. The predicted molar refractivity (Wildman–Crippen MR) is 98.2 cm³/mol. The van der Waals surface area contributed by atoms with Crippen LogP contribution in [0.1, 0.15) is 37.7 Å². The lowest BCUT2D eigenvalue weighted by Crippen LogP contribution is -2.41. The monoisotopic (exact) mass is 400 g/mol. The SMILES string of the molecule is COc1cc(OCC2CCC(F)(F)C2)c(F)cc1CNC(=O)C1CCCN1C. The van der Waals surface area contributed by atoms with E-state index in [1.807, 2.05) is 11.9 Å². The molecule has 2 atom stereocenters. The van der Waals surface area contributed by atoms with E-state index in [1.165, 1.54) is 19.2 Å². The van der Waals surface area contributed by atoms with Gasteiger partial charge in [0.05, 0.1) is 19.8 Å². The summed E-state index contributed by atoms with van der Waals surface area (Å²) in [6.45, 7) is 1.06. The van der Waals surface area contributed by atoms with Gasteiger partial charge >= 0.3 is 0 Å². The van der Waals surface area contributed by atoms with E-state index in [0.717, 1.165) is 19.4 Å². The third-order valence-corrected chi connectivity index (χ3v) is 5.59. The molecule has 0 radical (unpaired) electrons. The zero-order chi connectivity index (χ0) is 20.3. The molecule has 2 fully saturated rings. The first-order chi connectivity index (χ1) is 13.3. The van der Waals surface area contributed by atoms with Crippen molar-refractivity contribution >= 4 is 5.91 Å². The first-order valence-electron chi connectivity index (χ1n) is 9.64. The van der Waals surface area contributed by atoms with E-state index >= 15 is 0 Å². The summed E-state index contributed by atoms with van der Waals surface area (Å²) in [5.41, 5.74) is 0.494. The molecule has 1 aromatic rings. The minimum absolute atomic E-state index is 0.0299. The molecule has 28 heavy (non-hydrogen) atoms. The van der Waals surface area contributed by atoms with Crippen LogP contribution in [0, 0.1) is 11.7 Å². The van der Waals surface area contributed by atoms with Crippen LogP contribution in [0.4, 0.5) is 13.2 Å². The van der Waals surface area contributed by atoms with Crippen molar-refractivity contribution < 1.29 is 27.4 Å². The van der Waals surface area contributed by atoms with Crippen molar-refractivity contribution in [2.24, 2.45) is 5.92 Å². The van der Waals surface area contributed by atoms with Gasteiger partial charge in [0.15, 0.2) is 11.6 Å². The van der Waals surface area contributed by atoms with Crippen molar-refractivity contribution in [2.45, 2.75) is 50.6 Å². The summed E-state index contributed by atoms with van der Waals surface area (Å²) in [5, 5.41) is 2.83. The van der Waals surface area contributed by atoms with Gasteiger partial charge in [-0.3, -0.25) is 9.69 Å². The molecule has 1 saturated carbocycles. The van der Waals surface area contributed by atoms with E-state index in [9.17, 15) is 18.0 Å². The van der Waals surface area contributed by atoms with Crippen molar-refractivity contribution in [3.8, 4) is 11.5 Å². The number of ether oxygens (including phenoxy) is 2. The topological polar surface area (TPSA) is 50.8 Å². The largest absolute Gasteiger partial charge is 0.496 e. The van der Waals surface area contributed by atoms with Crippen LogP contribution in [-0.2, 0) is 11.3 Å². The number of carbonyl (C=O) groups excluding carboxylic acids is 1. The number of halogens is 3. The Labute approximate surface area is 163 Å². The molecule has 2 aliphatic rings. The fraction of sp³-hybridized carbons (Fsp3) is 0.650. The van der Waals surface area contributed by atoms with E-state index in [4.69, 9.17) is 9.47 Å². The summed E-state index contributed by atoms with van der Waals surface area (Å²) in [6.07, 6.45) is 1.77. The van der Waals surface area contributed by atoms with Crippen molar-refractivity contribution in [2.75, 3.05) is 27.3 Å². The fourth-order valence-corrected chi connectivity index (χ4v) is 3.95. The Balaban J connectivity index is 1.60. The molecule has 2 unspecified atom stereocenters.